The SMILES string of the molecule is CC(CCC(=O)Nc1cccc(B(O)O)c1)C(N)=O. The van der Waals surface area contributed by atoms with Crippen LogP contribution in [0.5, 0.6) is 0 Å². The molecule has 0 aliphatic carbocycles. The van der Waals surface area contributed by atoms with Gasteiger partial charge in [-0.05, 0) is 24.0 Å². The van der Waals surface area contributed by atoms with E-state index in [1.165, 1.54) is 12.1 Å². The molecule has 0 fully saturated rings. The number of carbonyl (C=O) groups excluding carboxylic acids is 2. The van der Waals surface area contributed by atoms with Crippen LogP contribution >= 0.6 is 0 Å². The van der Waals surface area contributed by atoms with Crippen LogP contribution in [0.15, 0.2) is 24.3 Å². The Labute approximate surface area is 111 Å². The van der Waals surface area contributed by atoms with E-state index in [0.29, 0.717) is 17.6 Å². The monoisotopic (exact) mass is 264 g/mol. The van der Waals surface area contributed by atoms with E-state index in [1.54, 1.807) is 19.1 Å². The number of primary amides is 1. The molecule has 0 saturated heterocycles. The van der Waals surface area contributed by atoms with Crippen molar-refractivity contribution >= 4 is 30.1 Å². The summed E-state index contributed by atoms with van der Waals surface area (Å²) in [7, 11) is -1.58. The number of amides is 2. The molecule has 1 aromatic carbocycles. The minimum absolute atomic E-state index is 0.177. The first-order valence-corrected chi connectivity index (χ1v) is 5.95. The van der Waals surface area contributed by atoms with Gasteiger partial charge in [0.15, 0.2) is 0 Å². The second-order valence-electron chi connectivity index (χ2n) is 4.39. The summed E-state index contributed by atoms with van der Waals surface area (Å²) in [5.74, 6) is -1.03. The first-order chi connectivity index (χ1) is 8.90. The summed E-state index contributed by atoms with van der Waals surface area (Å²) in [5, 5.41) is 20.6. The van der Waals surface area contributed by atoms with Crippen molar-refractivity contribution in [3.8, 4) is 0 Å². The average Bonchev–Trinajstić information content (AvgIpc) is 2.36. The summed E-state index contributed by atoms with van der Waals surface area (Å²) in [6, 6.07) is 6.26. The molecule has 0 aromatic heterocycles. The highest BCUT2D eigenvalue weighted by molar-refractivity contribution is 6.58. The molecule has 7 heteroatoms. The zero-order valence-corrected chi connectivity index (χ0v) is 10.7. The normalized spacial score (nSPS) is 11.7. The molecule has 0 radical (unpaired) electrons. The largest absolute Gasteiger partial charge is 0.488 e. The van der Waals surface area contributed by atoms with E-state index >= 15 is 0 Å². The summed E-state index contributed by atoms with van der Waals surface area (Å²) in [6.45, 7) is 1.67. The second kappa shape index (κ2) is 6.91. The average molecular weight is 264 g/mol. The molecule has 6 nitrogen and oxygen atoms in total. The van der Waals surface area contributed by atoms with Crippen LogP contribution in [-0.2, 0) is 9.59 Å². The summed E-state index contributed by atoms with van der Waals surface area (Å²) in [6.07, 6.45) is 0.555. The lowest BCUT2D eigenvalue weighted by atomic mass is 9.80. The van der Waals surface area contributed by atoms with Crippen LogP contribution in [0.3, 0.4) is 0 Å². The standard InChI is InChI=1S/C12H17BN2O4/c1-8(12(14)17)5-6-11(16)15-10-4-2-3-9(7-10)13(18)19/h2-4,7-8,18-19H,5-6H2,1H3,(H2,14,17)(H,15,16). The van der Waals surface area contributed by atoms with E-state index in [4.69, 9.17) is 15.8 Å². The van der Waals surface area contributed by atoms with Crippen LogP contribution in [0.1, 0.15) is 19.8 Å². The molecule has 0 saturated carbocycles. The Morgan fingerprint density at radius 3 is 2.68 bits per heavy atom. The zero-order valence-electron chi connectivity index (χ0n) is 10.7. The van der Waals surface area contributed by atoms with Gasteiger partial charge in [0.2, 0.25) is 11.8 Å². The van der Waals surface area contributed by atoms with Crippen LogP contribution in [-0.4, -0.2) is 29.0 Å². The summed E-state index contributed by atoms with van der Waals surface area (Å²) in [5.41, 5.74) is 5.87. The highest BCUT2D eigenvalue weighted by atomic mass is 16.4. The van der Waals surface area contributed by atoms with Crippen LogP contribution in [0.4, 0.5) is 5.69 Å². The van der Waals surface area contributed by atoms with Crippen LogP contribution < -0.4 is 16.5 Å². The lowest BCUT2D eigenvalue weighted by Gasteiger charge is -2.09. The van der Waals surface area contributed by atoms with Gasteiger partial charge in [0, 0.05) is 18.0 Å². The van der Waals surface area contributed by atoms with Crippen molar-refractivity contribution in [2.75, 3.05) is 5.32 Å². The summed E-state index contributed by atoms with van der Waals surface area (Å²) < 4.78 is 0. The number of rotatable bonds is 6. The molecule has 19 heavy (non-hydrogen) atoms. The number of hydrogen-bond donors (Lipinski definition) is 4. The number of carbonyl (C=O) groups is 2. The van der Waals surface area contributed by atoms with Gasteiger partial charge in [-0.2, -0.15) is 0 Å². The Morgan fingerprint density at radius 1 is 1.42 bits per heavy atom. The maximum atomic E-state index is 11.6. The highest BCUT2D eigenvalue weighted by Gasteiger charge is 2.13. The Hall–Kier alpha value is -1.86. The molecule has 5 N–H and O–H groups in total. The van der Waals surface area contributed by atoms with E-state index in [2.05, 4.69) is 5.32 Å². The van der Waals surface area contributed by atoms with Gasteiger partial charge in [-0.25, -0.2) is 0 Å². The van der Waals surface area contributed by atoms with Crippen molar-refractivity contribution in [1.82, 2.24) is 0 Å². The van der Waals surface area contributed by atoms with Gasteiger partial charge >= 0.3 is 7.12 Å². The van der Waals surface area contributed by atoms with Crippen molar-refractivity contribution in [3.05, 3.63) is 24.3 Å². The molecule has 1 rings (SSSR count). The maximum Gasteiger partial charge on any atom is 0.488 e. The number of benzene rings is 1. The Balaban J connectivity index is 2.53. The Kier molecular flexibility index (Phi) is 5.53. The van der Waals surface area contributed by atoms with Crippen LogP contribution in [0.2, 0.25) is 0 Å². The first-order valence-electron chi connectivity index (χ1n) is 5.95. The van der Waals surface area contributed by atoms with Gasteiger partial charge in [-0.3, -0.25) is 9.59 Å². The van der Waals surface area contributed by atoms with Crippen LogP contribution in [0, 0.1) is 5.92 Å². The van der Waals surface area contributed by atoms with Gasteiger partial charge < -0.3 is 21.1 Å². The number of nitrogens with two attached hydrogens (primary N) is 1. The predicted octanol–water partition coefficient (Wildman–Crippen LogP) is -0.794. The third kappa shape index (κ3) is 5.11. The van der Waals surface area contributed by atoms with E-state index in [1.807, 2.05) is 0 Å². The second-order valence-corrected chi connectivity index (χ2v) is 4.39. The quantitative estimate of drug-likeness (QED) is 0.504. The van der Waals surface area contributed by atoms with Gasteiger partial charge in [0.05, 0.1) is 0 Å². The first kappa shape index (κ1) is 15.2. The molecule has 1 aromatic rings. The van der Waals surface area contributed by atoms with Crippen LogP contribution in [0.25, 0.3) is 0 Å². The third-order valence-corrected chi connectivity index (χ3v) is 2.76. The van der Waals surface area contributed by atoms with Crippen molar-refractivity contribution in [1.29, 1.82) is 0 Å². The maximum absolute atomic E-state index is 11.6. The van der Waals surface area contributed by atoms with Crippen molar-refractivity contribution in [2.45, 2.75) is 19.8 Å². The van der Waals surface area contributed by atoms with Gasteiger partial charge in [-0.15, -0.1) is 0 Å². The van der Waals surface area contributed by atoms with E-state index in [9.17, 15) is 9.59 Å². The zero-order chi connectivity index (χ0) is 14.4. The molecule has 1 atom stereocenters. The fourth-order valence-corrected chi connectivity index (χ4v) is 1.49. The van der Waals surface area contributed by atoms with Crippen molar-refractivity contribution in [2.24, 2.45) is 11.7 Å². The molecule has 2 amide bonds. The topological polar surface area (TPSA) is 113 Å². The minimum Gasteiger partial charge on any atom is -0.423 e. The summed E-state index contributed by atoms with van der Waals surface area (Å²) >= 11 is 0. The van der Waals surface area contributed by atoms with E-state index < -0.39 is 13.0 Å². The summed E-state index contributed by atoms with van der Waals surface area (Å²) in [4.78, 5) is 22.5. The molecule has 1 unspecified atom stereocenters. The molecule has 0 spiro atoms. The third-order valence-electron chi connectivity index (χ3n) is 2.76. The molecule has 0 aliphatic rings. The lowest BCUT2D eigenvalue weighted by molar-refractivity contribution is -0.121. The van der Waals surface area contributed by atoms with E-state index in [-0.39, 0.29) is 18.2 Å². The molecular weight excluding hydrogens is 247 g/mol. The molecule has 0 bridgehead atoms. The highest BCUT2D eigenvalue weighted by Crippen LogP contribution is 2.08. The van der Waals surface area contributed by atoms with Gasteiger partial charge in [0.1, 0.15) is 0 Å². The minimum atomic E-state index is -1.58. The van der Waals surface area contributed by atoms with Crippen molar-refractivity contribution < 1.29 is 19.6 Å². The number of anilines is 1. The fourth-order valence-electron chi connectivity index (χ4n) is 1.49. The lowest BCUT2D eigenvalue weighted by Crippen LogP contribution is -2.30. The number of nitrogens with one attached hydrogen (secondary N) is 1. The Morgan fingerprint density at radius 2 is 2.11 bits per heavy atom. The van der Waals surface area contributed by atoms with Gasteiger partial charge in [0.25, 0.3) is 0 Å². The molecule has 0 heterocycles. The Bertz CT molecular complexity index is 465. The van der Waals surface area contributed by atoms with E-state index in [0.717, 1.165) is 0 Å². The fraction of sp³-hybridized carbons (Fsp3) is 0.333. The number of hydrogen-bond acceptors (Lipinski definition) is 4. The molecule has 102 valence electrons. The molecule has 0 aliphatic heterocycles. The van der Waals surface area contributed by atoms with Gasteiger partial charge in [-0.1, -0.05) is 19.1 Å². The predicted molar refractivity (Wildman–Crippen MR) is 72.5 cm³/mol. The van der Waals surface area contributed by atoms with Crippen molar-refractivity contribution in [3.63, 3.8) is 0 Å². The molecular formula is C12H17BN2O4. The smallest absolute Gasteiger partial charge is 0.423 e.